The fourth-order valence-corrected chi connectivity index (χ4v) is 1.34. The third-order valence-corrected chi connectivity index (χ3v) is 2.08. The number of aliphatic hydroxyl groups is 2. The van der Waals surface area contributed by atoms with Gasteiger partial charge in [0, 0.05) is 13.2 Å². The third-order valence-electron chi connectivity index (χ3n) is 1.82. The van der Waals surface area contributed by atoms with Gasteiger partial charge in [-0.25, -0.2) is 4.98 Å². The van der Waals surface area contributed by atoms with E-state index in [1.807, 2.05) is 7.05 Å². The van der Waals surface area contributed by atoms with E-state index < -0.39 is 12.2 Å². The van der Waals surface area contributed by atoms with Crippen LogP contribution in [0.1, 0.15) is 18.2 Å². The molecular weight excluding hydrogens is 188 g/mol. The van der Waals surface area contributed by atoms with Crippen LogP contribution in [-0.4, -0.2) is 31.6 Å². The number of aryl methyl sites for hydroxylation is 1. The predicted molar refractivity (Wildman–Crippen MR) is 52.6 cm³/mol. The lowest BCUT2D eigenvalue weighted by atomic mass is 10.1. The number of imidazole rings is 1. The number of thiol groups is 1. The molecular formula is C8H14N2O2S. The zero-order chi connectivity index (χ0) is 9.84. The van der Waals surface area contributed by atoms with Crippen LogP contribution in [-0.2, 0) is 7.05 Å². The molecule has 5 heteroatoms. The highest BCUT2D eigenvalue weighted by Crippen LogP contribution is 2.16. The topological polar surface area (TPSA) is 58.3 Å². The lowest BCUT2D eigenvalue weighted by molar-refractivity contribution is 0.0149. The molecule has 0 saturated carbocycles. The highest BCUT2D eigenvalue weighted by atomic mass is 32.1. The summed E-state index contributed by atoms with van der Waals surface area (Å²) in [5.41, 5.74) is 0.497. The van der Waals surface area contributed by atoms with Crippen molar-refractivity contribution in [3.8, 4) is 0 Å². The number of aromatic nitrogens is 2. The van der Waals surface area contributed by atoms with Gasteiger partial charge in [-0.3, -0.25) is 0 Å². The molecule has 1 aromatic rings. The van der Waals surface area contributed by atoms with E-state index in [1.165, 1.54) is 0 Å². The summed E-state index contributed by atoms with van der Waals surface area (Å²) in [4.78, 5) is 3.95. The Kier molecular flexibility index (Phi) is 3.77. The second-order valence-electron chi connectivity index (χ2n) is 2.99. The highest BCUT2D eigenvalue weighted by molar-refractivity contribution is 7.80. The van der Waals surface area contributed by atoms with E-state index in [2.05, 4.69) is 17.6 Å². The third kappa shape index (κ3) is 2.72. The van der Waals surface area contributed by atoms with E-state index in [9.17, 15) is 10.2 Å². The molecule has 0 aliphatic rings. The lowest BCUT2D eigenvalue weighted by Crippen LogP contribution is -2.18. The Bertz CT molecular complexity index is 264. The highest BCUT2D eigenvalue weighted by Gasteiger charge is 2.19. The summed E-state index contributed by atoms with van der Waals surface area (Å²) in [6, 6.07) is 0. The maximum Gasteiger partial charge on any atom is 0.123 e. The van der Waals surface area contributed by atoms with Crippen LogP contribution in [0, 0.1) is 0 Å². The van der Waals surface area contributed by atoms with Crippen molar-refractivity contribution < 1.29 is 10.2 Å². The summed E-state index contributed by atoms with van der Waals surface area (Å²) in [5.74, 6) is 0.547. The van der Waals surface area contributed by atoms with E-state index >= 15 is 0 Å². The van der Waals surface area contributed by atoms with Crippen LogP contribution in [0.4, 0.5) is 0 Å². The summed E-state index contributed by atoms with van der Waals surface area (Å²) in [6.07, 6.45) is 2.04. The van der Waals surface area contributed by atoms with Crippen LogP contribution in [0.5, 0.6) is 0 Å². The van der Waals surface area contributed by atoms with E-state index in [4.69, 9.17) is 0 Å². The van der Waals surface area contributed by atoms with Gasteiger partial charge in [0.2, 0.25) is 0 Å². The Hall–Kier alpha value is -0.520. The summed E-state index contributed by atoms with van der Waals surface area (Å²) in [6.45, 7) is 0. The molecule has 1 heterocycles. The van der Waals surface area contributed by atoms with E-state index in [0.717, 1.165) is 0 Å². The fraction of sp³-hybridized carbons (Fsp3) is 0.625. The molecule has 2 N–H and O–H groups in total. The zero-order valence-electron chi connectivity index (χ0n) is 7.46. The van der Waals surface area contributed by atoms with Crippen LogP contribution < -0.4 is 0 Å². The molecule has 0 fully saturated rings. The largest absolute Gasteiger partial charge is 0.390 e. The van der Waals surface area contributed by atoms with E-state index in [0.29, 0.717) is 17.9 Å². The molecule has 1 aromatic heterocycles. The maximum absolute atomic E-state index is 9.57. The average molecular weight is 202 g/mol. The van der Waals surface area contributed by atoms with Crippen molar-refractivity contribution in [2.24, 2.45) is 7.05 Å². The molecule has 0 saturated heterocycles. The lowest BCUT2D eigenvalue weighted by Gasteiger charge is -2.14. The van der Waals surface area contributed by atoms with Gasteiger partial charge in [0.15, 0.2) is 0 Å². The number of rotatable bonds is 4. The minimum absolute atomic E-state index is 0.459. The number of hydrogen-bond donors (Lipinski definition) is 3. The molecule has 0 amide bonds. The van der Waals surface area contributed by atoms with Crippen molar-refractivity contribution in [2.45, 2.75) is 18.6 Å². The first kappa shape index (κ1) is 10.6. The van der Waals surface area contributed by atoms with Crippen molar-refractivity contribution in [2.75, 3.05) is 5.75 Å². The van der Waals surface area contributed by atoms with Gasteiger partial charge in [0.25, 0.3) is 0 Å². The van der Waals surface area contributed by atoms with Crippen LogP contribution >= 0.6 is 12.6 Å². The summed E-state index contributed by atoms with van der Waals surface area (Å²) < 4.78 is 1.73. The van der Waals surface area contributed by atoms with Crippen LogP contribution in [0.2, 0.25) is 0 Å². The molecule has 0 spiro atoms. The fourth-order valence-electron chi connectivity index (χ4n) is 1.07. The van der Waals surface area contributed by atoms with Gasteiger partial charge in [-0.2, -0.15) is 12.6 Å². The second kappa shape index (κ2) is 4.64. The van der Waals surface area contributed by atoms with Crippen LogP contribution in [0.25, 0.3) is 0 Å². The molecule has 2 unspecified atom stereocenters. The first-order valence-corrected chi connectivity index (χ1v) is 4.73. The van der Waals surface area contributed by atoms with Crippen molar-refractivity contribution in [3.63, 3.8) is 0 Å². The Labute approximate surface area is 82.6 Å². The zero-order valence-corrected chi connectivity index (χ0v) is 8.35. The van der Waals surface area contributed by atoms with Gasteiger partial charge in [0.1, 0.15) is 6.10 Å². The van der Waals surface area contributed by atoms with Crippen LogP contribution in [0.15, 0.2) is 12.5 Å². The van der Waals surface area contributed by atoms with Crippen molar-refractivity contribution >= 4 is 12.6 Å². The Balaban J connectivity index is 2.61. The minimum Gasteiger partial charge on any atom is -0.390 e. The molecule has 13 heavy (non-hydrogen) atoms. The van der Waals surface area contributed by atoms with Crippen LogP contribution in [0.3, 0.4) is 0 Å². The van der Waals surface area contributed by atoms with Crippen molar-refractivity contribution in [1.29, 1.82) is 0 Å². The smallest absolute Gasteiger partial charge is 0.123 e. The average Bonchev–Trinajstić information content (AvgIpc) is 2.51. The van der Waals surface area contributed by atoms with Crippen molar-refractivity contribution in [1.82, 2.24) is 9.55 Å². The predicted octanol–water partition coefficient (Wildman–Crippen LogP) is 0.134. The van der Waals surface area contributed by atoms with E-state index in [-0.39, 0.29) is 0 Å². The Morgan fingerprint density at radius 1 is 1.62 bits per heavy atom. The van der Waals surface area contributed by atoms with Gasteiger partial charge in [-0.05, 0) is 12.2 Å². The SMILES string of the molecule is Cn1cnc(C(O)C(O)CCS)c1. The van der Waals surface area contributed by atoms with Crippen molar-refractivity contribution in [3.05, 3.63) is 18.2 Å². The summed E-state index contributed by atoms with van der Waals surface area (Å²) in [5, 5.41) is 19.0. The molecule has 0 aliphatic carbocycles. The number of nitrogens with zero attached hydrogens (tertiary/aromatic N) is 2. The maximum atomic E-state index is 9.57. The first-order chi connectivity index (χ1) is 6.15. The van der Waals surface area contributed by atoms with E-state index in [1.54, 1.807) is 17.1 Å². The first-order valence-electron chi connectivity index (χ1n) is 4.10. The van der Waals surface area contributed by atoms with Gasteiger partial charge in [-0.15, -0.1) is 0 Å². The quantitative estimate of drug-likeness (QED) is 0.608. The molecule has 0 aromatic carbocycles. The Morgan fingerprint density at radius 3 is 2.77 bits per heavy atom. The molecule has 4 nitrogen and oxygen atoms in total. The standard InChI is InChI=1S/C8H14N2O2S/c1-10-4-6(9-5-10)8(12)7(11)2-3-13/h4-5,7-8,11-13H,2-3H2,1H3. The Morgan fingerprint density at radius 2 is 2.31 bits per heavy atom. The number of aliphatic hydroxyl groups excluding tert-OH is 2. The summed E-state index contributed by atoms with van der Waals surface area (Å²) >= 11 is 3.98. The molecule has 0 bridgehead atoms. The van der Waals surface area contributed by atoms with Gasteiger partial charge >= 0.3 is 0 Å². The monoisotopic (exact) mass is 202 g/mol. The normalized spacial score (nSPS) is 15.7. The molecule has 2 atom stereocenters. The van der Waals surface area contributed by atoms with Gasteiger partial charge < -0.3 is 14.8 Å². The molecule has 0 aliphatic heterocycles. The molecule has 74 valence electrons. The second-order valence-corrected chi connectivity index (χ2v) is 3.44. The molecule has 1 rings (SSSR count). The number of hydrogen-bond acceptors (Lipinski definition) is 4. The summed E-state index contributed by atoms with van der Waals surface area (Å²) in [7, 11) is 1.81. The minimum atomic E-state index is -0.909. The molecule has 0 radical (unpaired) electrons. The van der Waals surface area contributed by atoms with Gasteiger partial charge in [0.05, 0.1) is 18.1 Å². The van der Waals surface area contributed by atoms with Gasteiger partial charge in [-0.1, -0.05) is 0 Å².